The molecule has 0 amide bonds. The zero-order valence-corrected chi connectivity index (χ0v) is 10.9. The highest BCUT2D eigenvalue weighted by Crippen LogP contribution is 2.18. The molecule has 19 heavy (non-hydrogen) atoms. The van der Waals surface area contributed by atoms with Gasteiger partial charge < -0.3 is 15.3 Å². The van der Waals surface area contributed by atoms with Crippen molar-refractivity contribution in [1.82, 2.24) is 0 Å². The second-order valence-electron chi connectivity index (χ2n) is 3.87. The summed E-state index contributed by atoms with van der Waals surface area (Å²) in [6.07, 6.45) is 1.46. The Kier molecular flexibility index (Phi) is 6.55. The molecule has 3 N–H and O–H groups in total. The zero-order chi connectivity index (χ0) is 14.3. The van der Waals surface area contributed by atoms with Crippen LogP contribution < -0.4 is 0 Å². The lowest BCUT2D eigenvalue weighted by atomic mass is 10.1. The first-order valence-corrected chi connectivity index (χ1v) is 6.74. The van der Waals surface area contributed by atoms with Gasteiger partial charge in [-0.05, 0) is 23.3 Å². The Morgan fingerprint density at radius 3 is 2.79 bits per heavy atom. The number of hydrogen-bond donors (Lipinski definition) is 3. The number of aliphatic hydroxyl groups excluding tert-OH is 2. The number of hydrogen-bond acceptors (Lipinski definition) is 4. The first kappa shape index (κ1) is 15.7. The van der Waals surface area contributed by atoms with Crippen LogP contribution in [0.4, 0.5) is 4.39 Å². The van der Waals surface area contributed by atoms with Crippen LogP contribution in [-0.2, 0) is 10.5 Å². The van der Waals surface area contributed by atoms with Gasteiger partial charge in [-0.25, -0.2) is 9.18 Å². The minimum absolute atomic E-state index is 0.311. The third-order valence-corrected chi connectivity index (χ3v) is 3.41. The van der Waals surface area contributed by atoms with E-state index in [9.17, 15) is 9.18 Å². The Bertz CT molecular complexity index is 462. The van der Waals surface area contributed by atoms with Gasteiger partial charge in [-0.1, -0.05) is 12.1 Å². The van der Waals surface area contributed by atoms with Crippen LogP contribution >= 0.6 is 11.8 Å². The summed E-state index contributed by atoms with van der Waals surface area (Å²) in [5.74, 6) is -0.792. The second-order valence-corrected chi connectivity index (χ2v) is 4.90. The molecule has 1 aromatic rings. The van der Waals surface area contributed by atoms with Crippen molar-refractivity contribution in [2.75, 3.05) is 12.4 Å². The van der Waals surface area contributed by atoms with E-state index in [2.05, 4.69) is 0 Å². The molecule has 0 fully saturated rings. The van der Waals surface area contributed by atoms with Crippen molar-refractivity contribution in [2.45, 2.75) is 11.9 Å². The molecule has 0 spiro atoms. The van der Waals surface area contributed by atoms with Gasteiger partial charge in [-0.15, -0.1) is 0 Å². The highest BCUT2D eigenvalue weighted by molar-refractivity contribution is 7.98. The number of rotatable bonds is 7. The lowest BCUT2D eigenvalue weighted by Gasteiger charge is -2.07. The molecule has 0 aliphatic rings. The van der Waals surface area contributed by atoms with Gasteiger partial charge in [0, 0.05) is 17.6 Å². The predicted octanol–water partition coefficient (Wildman–Crippen LogP) is 1.51. The van der Waals surface area contributed by atoms with Crippen LogP contribution in [0.2, 0.25) is 0 Å². The second kappa shape index (κ2) is 7.93. The van der Waals surface area contributed by atoms with Gasteiger partial charge in [0.2, 0.25) is 0 Å². The van der Waals surface area contributed by atoms with Crippen molar-refractivity contribution in [2.24, 2.45) is 0 Å². The van der Waals surface area contributed by atoms with E-state index in [4.69, 9.17) is 15.3 Å². The lowest BCUT2D eigenvalue weighted by molar-refractivity contribution is -0.131. The monoisotopic (exact) mass is 286 g/mol. The molecule has 0 heterocycles. The Balaban J connectivity index is 2.59. The first-order valence-electron chi connectivity index (χ1n) is 5.59. The molecule has 0 saturated heterocycles. The van der Waals surface area contributed by atoms with Gasteiger partial charge in [0.15, 0.2) is 0 Å². The third-order valence-electron chi connectivity index (χ3n) is 2.27. The van der Waals surface area contributed by atoms with Crippen molar-refractivity contribution in [3.05, 3.63) is 41.2 Å². The molecule has 6 heteroatoms. The fourth-order valence-electron chi connectivity index (χ4n) is 1.31. The van der Waals surface area contributed by atoms with Gasteiger partial charge in [-0.2, -0.15) is 11.8 Å². The Hall–Kier alpha value is -1.37. The summed E-state index contributed by atoms with van der Waals surface area (Å²) in [5.41, 5.74) is 0.951. The van der Waals surface area contributed by atoms with E-state index in [1.807, 2.05) is 0 Å². The normalized spacial score (nSPS) is 12.8. The van der Waals surface area contributed by atoms with E-state index >= 15 is 0 Å². The summed E-state index contributed by atoms with van der Waals surface area (Å²) in [7, 11) is 0. The third kappa shape index (κ3) is 5.87. The summed E-state index contributed by atoms with van der Waals surface area (Å²) >= 11 is 1.32. The fourth-order valence-corrected chi connectivity index (χ4v) is 2.26. The van der Waals surface area contributed by atoms with Crippen LogP contribution in [0.1, 0.15) is 11.1 Å². The van der Waals surface area contributed by atoms with Crippen LogP contribution in [-0.4, -0.2) is 39.8 Å². The van der Waals surface area contributed by atoms with E-state index < -0.39 is 17.9 Å². The molecule has 1 atom stereocenters. The van der Waals surface area contributed by atoms with Crippen LogP contribution in [0.5, 0.6) is 0 Å². The van der Waals surface area contributed by atoms with Crippen molar-refractivity contribution >= 4 is 23.8 Å². The van der Waals surface area contributed by atoms with Crippen LogP contribution in [0.3, 0.4) is 0 Å². The number of aliphatic hydroxyl groups is 2. The van der Waals surface area contributed by atoms with E-state index in [0.29, 0.717) is 22.6 Å². The number of halogens is 1. The largest absolute Gasteiger partial charge is 0.478 e. The summed E-state index contributed by atoms with van der Waals surface area (Å²) in [6.45, 7) is -0.311. The van der Waals surface area contributed by atoms with Gasteiger partial charge in [0.25, 0.3) is 0 Å². The highest BCUT2D eigenvalue weighted by atomic mass is 32.2. The van der Waals surface area contributed by atoms with Gasteiger partial charge in [0.1, 0.15) is 5.82 Å². The van der Waals surface area contributed by atoms with Crippen LogP contribution in [0.25, 0.3) is 6.08 Å². The minimum atomic E-state index is -1.09. The SMILES string of the molecule is O=C(O)/C=C/c1ccc(CSCC(O)CO)c(F)c1. The molecular weight excluding hydrogens is 271 g/mol. The van der Waals surface area contributed by atoms with Crippen LogP contribution in [0, 0.1) is 5.82 Å². The number of carboxylic acids is 1. The van der Waals surface area contributed by atoms with Gasteiger partial charge in [-0.3, -0.25) is 0 Å². The predicted molar refractivity (Wildman–Crippen MR) is 72.3 cm³/mol. The maximum atomic E-state index is 13.7. The highest BCUT2D eigenvalue weighted by Gasteiger charge is 2.06. The molecule has 4 nitrogen and oxygen atoms in total. The summed E-state index contributed by atoms with van der Waals surface area (Å²) in [4.78, 5) is 10.3. The zero-order valence-electron chi connectivity index (χ0n) is 10.1. The van der Waals surface area contributed by atoms with Crippen LogP contribution in [0.15, 0.2) is 24.3 Å². The maximum absolute atomic E-state index is 13.7. The van der Waals surface area contributed by atoms with Gasteiger partial charge in [0.05, 0.1) is 12.7 Å². The number of benzene rings is 1. The molecule has 104 valence electrons. The van der Waals surface area contributed by atoms with E-state index in [1.54, 1.807) is 12.1 Å². The summed E-state index contributed by atoms with van der Waals surface area (Å²) in [5, 5.41) is 26.2. The Labute approximate surface area is 114 Å². The van der Waals surface area contributed by atoms with Crippen molar-refractivity contribution in [3.8, 4) is 0 Å². The fraction of sp³-hybridized carbons (Fsp3) is 0.308. The molecule has 0 bridgehead atoms. The molecule has 1 unspecified atom stereocenters. The topological polar surface area (TPSA) is 77.8 Å². The molecule has 0 saturated carbocycles. The molecule has 0 radical (unpaired) electrons. The van der Waals surface area contributed by atoms with E-state index in [-0.39, 0.29) is 6.61 Å². The minimum Gasteiger partial charge on any atom is -0.478 e. The van der Waals surface area contributed by atoms with E-state index in [1.165, 1.54) is 23.9 Å². The number of carbonyl (C=O) groups is 1. The number of aliphatic carboxylic acids is 1. The standard InChI is InChI=1S/C13H15FO4S/c14-12-5-9(2-4-13(17)18)1-3-10(12)7-19-8-11(16)6-15/h1-5,11,15-16H,6-8H2,(H,17,18)/b4-2+. The molecular formula is C13H15FO4S. The average molecular weight is 286 g/mol. The quantitative estimate of drug-likeness (QED) is 0.662. The van der Waals surface area contributed by atoms with E-state index in [0.717, 1.165) is 6.08 Å². The van der Waals surface area contributed by atoms with Crippen molar-refractivity contribution in [3.63, 3.8) is 0 Å². The lowest BCUT2D eigenvalue weighted by Crippen LogP contribution is -2.14. The number of thioether (sulfide) groups is 1. The average Bonchev–Trinajstić information content (AvgIpc) is 2.38. The summed E-state index contributed by atoms with van der Waals surface area (Å²) in [6, 6.07) is 4.47. The Morgan fingerprint density at radius 2 is 2.21 bits per heavy atom. The Morgan fingerprint density at radius 1 is 1.47 bits per heavy atom. The maximum Gasteiger partial charge on any atom is 0.328 e. The summed E-state index contributed by atoms with van der Waals surface area (Å²) < 4.78 is 13.7. The van der Waals surface area contributed by atoms with Crippen molar-refractivity contribution < 1.29 is 24.5 Å². The van der Waals surface area contributed by atoms with Gasteiger partial charge >= 0.3 is 5.97 Å². The first-order chi connectivity index (χ1) is 9.02. The molecule has 1 rings (SSSR count). The molecule has 0 aliphatic heterocycles. The molecule has 0 aromatic heterocycles. The smallest absolute Gasteiger partial charge is 0.328 e. The van der Waals surface area contributed by atoms with Crippen molar-refractivity contribution in [1.29, 1.82) is 0 Å². The molecule has 1 aromatic carbocycles. The molecule has 0 aliphatic carbocycles. The number of carboxylic acid groups (broad SMARTS) is 1.